The number of hydrogen-bond donors (Lipinski definition) is 3. The highest BCUT2D eigenvalue weighted by Crippen LogP contribution is 2.42. The second-order valence-corrected chi connectivity index (χ2v) is 21.1. The molecule has 2 fully saturated rings. The molecule has 5 atom stereocenters. The maximum absolute atomic E-state index is 14.7. The van der Waals surface area contributed by atoms with E-state index in [4.69, 9.17) is 14.5 Å². The van der Waals surface area contributed by atoms with Crippen molar-refractivity contribution in [2.24, 2.45) is 17.3 Å². The summed E-state index contributed by atoms with van der Waals surface area (Å²) in [5.74, 6) is -3.09. The molecule has 0 spiro atoms. The zero-order valence-corrected chi connectivity index (χ0v) is 40.7. The van der Waals surface area contributed by atoms with E-state index in [1.165, 1.54) is 21.3 Å². The molecule has 0 radical (unpaired) electrons. The van der Waals surface area contributed by atoms with Crippen LogP contribution in [0.3, 0.4) is 0 Å². The van der Waals surface area contributed by atoms with Crippen molar-refractivity contribution in [2.45, 2.75) is 104 Å². The number of carbonyl (C=O) groups is 4. The second-order valence-electron chi connectivity index (χ2n) is 19.2. The molecule has 3 aliphatic heterocycles. The Morgan fingerprint density at radius 3 is 2.57 bits per heavy atom. The molecule has 360 valence electrons. The first-order chi connectivity index (χ1) is 31.8. The largest absolute Gasteiger partial charge is 0.508 e. The molecule has 3 N–H and O–H groups in total. The number of hydrazine groups is 1. The van der Waals surface area contributed by atoms with Crippen LogP contribution in [0.5, 0.6) is 5.75 Å². The van der Waals surface area contributed by atoms with Crippen LogP contribution in [0, 0.1) is 17.3 Å². The van der Waals surface area contributed by atoms with Gasteiger partial charge in [0, 0.05) is 80.2 Å². The number of hydrogen-bond acceptors (Lipinski definition) is 11. The lowest BCUT2D eigenvalue weighted by molar-refractivity contribution is -0.155. The minimum Gasteiger partial charge on any atom is -0.508 e. The van der Waals surface area contributed by atoms with Gasteiger partial charge in [-0.2, -0.15) is 4.31 Å². The van der Waals surface area contributed by atoms with Gasteiger partial charge in [0.25, 0.3) is 5.91 Å². The van der Waals surface area contributed by atoms with E-state index in [1.807, 2.05) is 25.1 Å². The summed E-state index contributed by atoms with van der Waals surface area (Å²) >= 11 is 0. The molecule has 2 saturated heterocycles. The number of ether oxygens (including phenoxy) is 2. The summed E-state index contributed by atoms with van der Waals surface area (Å²) in [6, 6.07) is 12.3. The number of likely N-dealkylation sites (N-methyl/N-ethyl adjacent to an activating group) is 1. The van der Waals surface area contributed by atoms with Crippen LogP contribution < -0.4 is 10.7 Å². The number of nitrogens with one attached hydrogen (secondary N) is 2. The molecule has 0 aliphatic carbocycles. The van der Waals surface area contributed by atoms with Gasteiger partial charge in [-0.15, -0.1) is 0 Å². The van der Waals surface area contributed by atoms with Crippen LogP contribution >= 0.6 is 0 Å². The maximum atomic E-state index is 14.7. The number of methoxy groups -OCH3 is 1. The average Bonchev–Trinajstić information content (AvgIpc) is 3.93. The van der Waals surface area contributed by atoms with E-state index < -0.39 is 69.1 Å². The lowest BCUT2D eigenvalue weighted by Crippen LogP contribution is -2.62. The summed E-state index contributed by atoms with van der Waals surface area (Å²) in [5.41, 5.74) is 9.37. The number of carbonyl (C=O) groups excluding carboxylic acids is 4. The van der Waals surface area contributed by atoms with Gasteiger partial charge in [-0.3, -0.25) is 29.2 Å². The molecule has 3 aliphatic rings. The smallest absolute Gasteiger partial charge is 0.324 e. The van der Waals surface area contributed by atoms with Crippen LogP contribution in [-0.2, 0) is 58.1 Å². The fourth-order valence-corrected chi connectivity index (χ4v) is 10.9. The van der Waals surface area contributed by atoms with Gasteiger partial charge in [-0.25, -0.2) is 13.8 Å². The molecular weight excluding hydrogens is 875 g/mol. The Morgan fingerprint density at radius 2 is 1.87 bits per heavy atom. The van der Waals surface area contributed by atoms with Gasteiger partial charge < -0.3 is 29.4 Å². The molecule has 4 aromatic rings. The fourth-order valence-electron chi connectivity index (χ4n) is 9.94. The van der Waals surface area contributed by atoms with E-state index in [9.17, 15) is 32.7 Å². The van der Waals surface area contributed by atoms with Crippen molar-refractivity contribution in [1.29, 1.82) is 0 Å². The summed E-state index contributed by atoms with van der Waals surface area (Å²) in [7, 11) is -0.551. The number of fused-ring (bicyclic) bond motifs is 6. The van der Waals surface area contributed by atoms with Gasteiger partial charge in [-0.1, -0.05) is 46.4 Å². The number of esters is 1. The Labute approximate surface area is 393 Å². The summed E-state index contributed by atoms with van der Waals surface area (Å²) in [4.78, 5) is 63.2. The molecule has 7 rings (SSSR count). The van der Waals surface area contributed by atoms with Crippen LogP contribution in [-0.4, -0.2) is 120 Å². The summed E-state index contributed by atoms with van der Waals surface area (Å²) in [6.45, 7) is 16.3. The van der Waals surface area contributed by atoms with Gasteiger partial charge in [0.1, 0.15) is 23.9 Å². The minimum atomic E-state index is -3.73. The fraction of sp³-hybridized carbons (Fsp3) is 0.500. The topological polar surface area (TPSA) is 193 Å². The molecular formula is C50H65N7O9S. The van der Waals surface area contributed by atoms with Gasteiger partial charge in [-0.05, 0) is 104 Å². The Hall–Kier alpha value is -5.62. The van der Waals surface area contributed by atoms with E-state index >= 15 is 0 Å². The van der Waals surface area contributed by atoms with E-state index in [0.29, 0.717) is 36.9 Å². The summed E-state index contributed by atoms with van der Waals surface area (Å²) < 4.78 is 40.4. The molecule has 1 unspecified atom stereocenters. The van der Waals surface area contributed by atoms with E-state index in [1.54, 1.807) is 39.3 Å². The number of benzene rings is 2. The third-order valence-electron chi connectivity index (χ3n) is 13.4. The number of aryl methyl sites for hydroxylation is 1. The van der Waals surface area contributed by atoms with Crippen molar-refractivity contribution in [2.75, 3.05) is 40.4 Å². The third-order valence-corrected chi connectivity index (χ3v) is 14.9. The van der Waals surface area contributed by atoms with Crippen molar-refractivity contribution in [1.82, 2.24) is 34.5 Å². The predicted molar refractivity (Wildman–Crippen MR) is 256 cm³/mol. The van der Waals surface area contributed by atoms with Crippen LogP contribution in [0.2, 0.25) is 0 Å². The maximum Gasteiger partial charge on any atom is 0.324 e. The van der Waals surface area contributed by atoms with Crippen molar-refractivity contribution in [3.05, 3.63) is 83.5 Å². The van der Waals surface area contributed by atoms with Gasteiger partial charge >= 0.3 is 5.97 Å². The monoisotopic (exact) mass is 939 g/mol. The summed E-state index contributed by atoms with van der Waals surface area (Å²) in [5, 5.41) is 17.5. The molecule has 0 saturated carbocycles. The number of aromatic nitrogens is 2. The van der Waals surface area contributed by atoms with Gasteiger partial charge in [0.15, 0.2) is 0 Å². The standard InChI is InChI=1S/C50H65N7O9S/c1-10-56-42-17-16-33-26-38(42)39(45(56)37-14-12-19-51-43(37)31(5)65-9)27-50(6,7)29-66-49(62)40-15-13-20-57(53-40)48(61)41(24-32-22-35(33)25-36(58)23-32)52-46(59)44(30(3)4)54(8)47(60)34-18-21-55(28-34)67(63,64)11-2/h11-12,14,16-17,19,22-23,25-26,30-31,34,40-41,44,53,58H,2,10,13,15,18,20-21,24,27-29H2,1,3-9H3,(H,52,59)/t31-,34-,40-,41?,44-/m0/s1. The molecule has 16 nitrogen and oxygen atoms in total. The highest BCUT2D eigenvalue weighted by molar-refractivity contribution is 7.92. The van der Waals surface area contributed by atoms with Crippen LogP contribution in [0.15, 0.2) is 66.7 Å². The molecule has 3 amide bonds. The molecule has 17 heteroatoms. The number of phenolic OH excluding ortho intramolecular Hbond substituents is 1. The number of rotatable bonds is 11. The number of amides is 3. The van der Waals surface area contributed by atoms with Crippen LogP contribution in [0.4, 0.5) is 0 Å². The molecule has 2 aromatic carbocycles. The van der Waals surface area contributed by atoms with E-state index in [2.05, 4.69) is 60.9 Å². The molecule has 6 bridgehead atoms. The molecule has 5 heterocycles. The zero-order chi connectivity index (χ0) is 48.5. The first-order valence-corrected chi connectivity index (χ1v) is 24.7. The van der Waals surface area contributed by atoms with E-state index in [-0.39, 0.29) is 50.9 Å². The quantitative estimate of drug-likeness (QED) is 0.156. The minimum absolute atomic E-state index is 0.0328. The number of phenols is 1. The zero-order valence-electron chi connectivity index (χ0n) is 39.9. The Bertz CT molecular complexity index is 2660. The number of cyclic esters (lactones) is 1. The highest BCUT2D eigenvalue weighted by Gasteiger charge is 2.41. The lowest BCUT2D eigenvalue weighted by Gasteiger charge is -2.37. The van der Waals surface area contributed by atoms with Crippen molar-refractivity contribution in [3.63, 3.8) is 0 Å². The Morgan fingerprint density at radius 1 is 1.10 bits per heavy atom. The highest BCUT2D eigenvalue weighted by atomic mass is 32.2. The first kappa shape index (κ1) is 49.3. The van der Waals surface area contributed by atoms with Crippen molar-refractivity contribution < 1.29 is 42.2 Å². The van der Waals surface area contributed by atoms with Gasteiger partial charge in [0.2, 0.25) is 21.8 Å². The number of pyridine rings is 1. The average molecular weight is 940 g/mol. The molecule has 67 heavy (non-hydrogen) atoms. The van der Waals surface area contributed by atoms with E-state index in [0.717, 1.165) is 44.4 Å². The van der Waals surface area contributed by atoms with Crippen molar-refractivity contribution >= 4 is 44.6 Å². The molecule has 2 aromatic heterocycles. The third kappa shape index (κ3) is 10.3. The normalized spacial score (nSPS) is 21.4. The Kier molecular flexibility index (Phi) is 14.7. The van der Waals surface area contributed by atoms with Gasteiger partial charge in [0.05, 0.1) is 30.0 Å². The SMILES string of the molecule is C=CS(=O)(=O)N1CC[C@H](C(=O)N(C)[C@H](C(=O)NC2Cc3cc(O)cc(c3)-c3ccc4c(c3)c(c(-c3cccnc3[C@H](C)OC)n4CC)CC(C)(C)COC(=O)[C@@H]3CCCN(N3)C2=O)C(C)C)C1. The number of aromatic hydroxyl groups is 1. The van der Waals surface area contributed by atoms with Crippen molar-refractivity contribution in [3.8, 4) is 28.1 Å². The van der Waals surface area contributed by atoms with Crippen LogP contribution in [0.1, 0.15) is 83.7 Å². The number of sulfonamides is 1. The predicted octanol–water partition coefficient (Wildman–Crippen LogP) is 5.73. The first-order valence-electron chi connectivity index (χ1n) is 23.2. The van der Waals surface area contributed by atoms with Crippen LogP contribution in [0.25, 0.3) is 33.3 Å². The Balaban J connectivity index is 1.31. The summed E-state index contributed by atoms with van der Waals surface area (Å²) in [6.07, 6.45) is 3.15. The number of nitrogens with zero attached hydrogens (tertiary/aromatic N) is 5. The second kappa shape index (κ2) is 19.9. The lowest BCUT2D eigenvalue weighted by atomic mass is 9.84.